The van der Waals surface area contributed by atoms with Crippen molar-refractivity contribution < 1.29 is 33.3 Å². The second kappa shape index (κ2) is 14.0. The fourth-order valence-electron chi connectivity index (χ4n) is 5.36. The van der Waals surface area contributed by atoms with Crippen molar-refractivity contribution in [3.05, 3.63) is 56.2 Å². The maximum Gasteiger partial charge on any atom is 0.357 e. The van der Waals surface area contributed by atoms with Crippen LogP contribution in [0.15, 0.2) is 29.1 Å². The third-order valence-electron chi connectivity index (χ3n) is 7.47. The van der Waals surface area contributed by atoms with E-state index in [4.69, 9.17) is 18.9 Å². The number of amides is 2. The first-order valence-corrected chi connectivity index (χ1v) is 15.2. The van der Waals surface area contributed by atoms with Gasteiger partial charge in [0.05, 0.1) is 40.2 Å². The standard InChI is InChI=1S/C32H38N4O8S/c1-15(2)29-26(31(40)44-8)35-32(45-29)36-30(39)16(3)33-22-12-10-19-20(14-23(22)38)21(34-17(4)37)11-9-18-13-24(41-5)27(42-6)28(43-7)25(18)19/h10,12-16,21H,9,11H2,1-8H3,(H,33,38)(H,34,37)(H,35,36,39)/t16-,21+/m1/s1. The molecule has 0 aliphatic heterocycles. The first-order chi connectivity index (χ1) is 21.4. The van der Waals surface area contributed by atoms with E-state index in [1.165, 1.54) is 45.7 Å². The summed E-state index contributed by atoms with van der Waals surface area (Å²) in [6.07, 6.45) is 1.09. The summed E-state index contributed by atoms with van der Waals surface area (Å²) < 4.78 is 21.9. The second-order valence-electron chi connectivity index (χ2n) is 10.8. The largest absolute Gasteiger partial charge is 0.493 e. The Morgan fingerprint density at radius 1 is 1.00 bits per heavy atom. The Labute approximate surface area is 265 Å². The highest BCUT2D eigenvalue weighted by Crippen LogP contribution is 2.50. The van der Waals surface area contributed by atoms with Crippen LogP contribution in [0.2, 0.25) is 0 Å². The van der Waals surface area contributed by atoms with Crippen LogP contribution >= 0.6 is 11.3 Å². The van der Waals surface area contributed by atoms with Crippen molar-refractivity contribution >= 4 is 39.9 Å². The highest BCUT2D eigenvalue weighted by Gasteiger charge is 2.30. The van der Waals surface area contributed by atoms with Gasteiger partial charge < -0.3 is 34.9 Å². The smallest absolute Gasteiger partial charge is 0.357 e. The number of esters is 1. The van der Waals surface area contributed by atoms with Crippen LogP contribution < -0.4 is 35.6 Å². The second-order valence-corrected chi connectivity index (χ2v) is 11.9. The van der Waals surface area contributed by atoms with E-state index < -0.39 is 24.0 Å². The molecule has 0 spiro atoms. The number of thiazole rings is 1. The zero-order valence-electron chi connectivity index (χ0n) is 26.6. The lowest BCUT2D eigenvalue weighted by atomic mass is 9.95. The lowest BCUT2D eigenvalue weighted by Crippen LogP contribution is -2.33. The molecule has 1 aromatic heterocycles. The number of benzene rings is 1. The number of anilines is 2. The molecule has 1 aliphatic rings. The summed E-state index contributed by atoms with van der Waals surface area (Å²) in [6, 6.07) is 5.41. The van der Waals surface area contributed by atoms with Crippen LogP contribution in [0.25, 0.3) is 11.1 Å². The van der Waals surface area contributed by atoms with Crippen molar-refractivity contribution in [3.63, 3.8) is 0 Å². The molecule has 3 aromatic rings. The number of carbonyl (C=O) groups is 3. The topological polar surface area (TPSA) is 154 Å². The summed E-state index contributed by atoms with van der Waals surface area (Å²) in [5.74, 6) is 0.0562. The van der Waals surface area contributed by atoms with Crippen molar-refractivity contribution in [1.29, 1.82) is 0 Å². The maximum atomic E-state index is 13.6. The van der Waals surface area contributed by atoms with Crippen LogP contribution in [0, 0.1) is 0 Å². The average molecular weight is 639 g/mol. The summed E-state index contributed by atoms with van der Waals surface area (Å²) in [7, 11) is 5.87. The predicted molar refractivity (Wildman–Crippen MR) is 172 cm³/mol. The molecule has 3 N–H and O–H groups in total. The molecule has 2 aromatic carbocycles. The predicted octanol–water partition coefficient (Wildman–Crippen LogP) is 4.67. The van der Waals surface area contributed by atoms with Crippen LogP contribution in [0.5, 0.6) is 17.2 Å². The Morgan fingerprint density at radius 2 is 1.71 bits per heavy atom. The zero-order valence-corrected chi connectivity index (χ0v) is 27.4. The molecule has 2 amide bonds. The number of fused-ring (bicyclic) bond motifs is 3. The van der Waals surface area contributed by atoms with Crippen molar-refractivity contribution in [2.45, 2.75) is 58.5 Å². The van der Waals surface area contributed by atoms with Crippen molar-refractivity contribution in [1.82, 2.24) is 10.3 Å². The molecule has 240 valence electrons. The Balaban J connectivity index is 1.75. The molecule has 12 nitrogen and oxygen atoms in total. The summed E-state index contributed by atoms with van der Waals surface area (Å²) in [5.41, 5.74) is 2.84. The van der Waals surface area contributed by atoms with E-state index >= 15 is 0 Å². The van der Waals surface area contributed by atoms with E-state index in [0.717, 1.165) is 11.1 Å². The van der Waals surface area contributed by atoms with E-state index in [2.05, 4.69) is 20.9 Å². The first kappa shape index (κ1) is 33.2. The summed E-state index contributed by atoms with van der Waals surface area (Å²) in [6.45, 7) is 6.87. The molecule has 4 rings (SSSR count). The van der Waals surface area contributed by atoms with Crippen molar-refractivity contribution in [2.75, 3.05) is 39.1 Å². The van der Waals surface area contributed by atoms with Gasteiger partial charge in [-0.2, -0.15) is 0 Å². The quantitative estimate of drug-likeness (QED) is 0.267. The van der Waals surface area contributed by atoms with Gasteiger partial charge in [-0.3, -0.25) is 14.4 Å². The van der Waals surface area contributed by atoms with E-state index in [1.54, 1.807) is 26.2 Å². The van der Waals surface area contributed by atoms with Crippen molar-refractivity contribution in [3.8, 4) is 28.4 Å². The first-order valence-electron chi connectivity index (χ1n) is 14.4. The minimum Gasteiger partial charge on any atom is -0.493 e. The molecule has 13 heteroatoms. The number of nitrogens with zero attached hydrogens (tertiary/aromatic N) is 1. The van der Waals surface area contributed by atoms with Gasteiger partial charge in [0.15, 0.2) is 22.3 Å². The van der Waals surface area contributed by atoms with Gasteiger partial charge in [-0.05, 0) is 60.6 Å². The van der Waals surface area contributed by atoms with Gasteiger partial charge in [-0.15, -0.1) is 11.3 Å². The number of nitrogens with one attached hydrogen (secondary N) is 3. The lowest BCUT2D eigenvalue weighted by molar-refractivity contribution is -0.119. The number of carbonyl (C=O) groups excluding carboxylic acids is 3. The van der Waals surface area contributed by atoms with Gasteiger partial charge in [-0.25, -0.2) is 9.78 Å². The molecule has 0 unspecified atom stereocenters. The van der Waals surface area contributed by atoms with Gasteiger partial charge in [-0.1, -0.05) is 19.9 Å². The zero-order chi connectivity index (χ0) is 33.0. The van der Waals surface area contributed by atoms with Crippen molar-refractivity contribution in [2.24, 2.45) is 0 Å². The van der Waals surface area contributed by atoms with Gasteiger partial charge in [0.2, 0.25) is 23.0 Å². The van der Waals surface area contributed by atoms with Crippen LogP contribution in [0.4, 0.5) is 10.8 Å². The Morgan fingerprint density at radius 3 is 2.31 bits per heavy atom. The van der Waals surface area contributed by atoms with E-state index in [-0.39, 0.29) is 33.8 Å². The SMILES string of the molecule is COC(=O)c1nc(NC(=O)[C@@H](C)Nc2ccc3c(cc2=O)[C@@H](NC(C)=O)CCc2cc(OC)c(OC)c(OC)c2-3)sc1C(C)C. The molecular weight excluding hydrogens is 600 g/mol. The molecule has 45 heavy (non-hydrogen) atoms. The number of hydrogen-bond donors (Lipinski definition) is 3. The lowest BCUT2D eigenvalue weighted by Gasteiger charge is -2.19. The summed E-state index contributed by atoms with van der Waals surface area (Å²) >= 11 is 1.19. The highest BCUT2D eigenvalue weighted by atomic mass is 32.1. The minimum atomic E-state index is -0.856. The normalized spacial score (nSPS) is 14.3. The number of rotatable bonds is 10. The molecule has 0 bridgehead atoms. The number of methoxy groups -OCH3 is 4. The molecule has 2 atom stereocenters. The fraction of sp³-hybridized carbons (Fsp3) is 0.406. The van der Waals surface area contributed by atoms with Gasteiger partial charge >= 0.3 is 5.97 Å². The van der Waals surface area contributed by atoms with Crippen LogP contribution in [-0.4, -0.2) is 57.2 Å². The minimum absolute atomic E-state index is 0.00787. The maximum absolute atomic E-state index is 13.6. The summed E-state index contributed by atoms with van der Waals surface area (Å²) in [5, 5.41) is 8.97. The number of aromatic nitrogens is 1. The van der Waals surface area contributed by atoms with E-state index in [1.807, 2.05) is 19.9 Å². The van der Waals surface area contributed by atoms with E-state index in [0.29, 0.717) is 46.1 Å². The molecular formula is C32H38N4O8S. The third kappa shape index (κ3) is 6.88. The average Bonchev–Trinajstić information content (AvgIpc) is 3.30. The highest BCUT2D eigenvalue weighted by molar-refractivity contribution is 7.16. The van der Waals surface area contributed by atoms with Gasteiger partial charge in [0.1, 0.15) is 6.04 Å². The van der Waals surface area contributed by atoms with Crippen LogP contribution in [-0.2, 0) is 20.7 Å². The molecule has 1 aliphatic carbocycles. The number of hydrogen-bond acceptors (Lipinski definition) is 11. The Bertz CT molecular complexity index is 1690. The van der Waals surface area contributed by atoms with Crippen LogP contribution in [0.3, 0.4) is 0 Å². The fourth-order valence-corrected chi connectivity index (χ4v) is 6.32. The number of ether oxygens (including phenoxy) is 4. The van der Waals surface area contributed by atoms with E-state index in [9.17, 15) is 19.2 Å². The Hall–Kier alpha value is -4.65. The van der Waals surface area contributed by atoms with Gasteiger partial charge in [0, 0.05) is 17.4 Å². The Kier molecular flexibility index (Phi) is 10.3. The monoisotopic (exact) mass is 638 g/mol. The molecule has 0 fully saturated rings. The van der Waals surface area contributed by atoms with Gasteiger partial charge in [0.25, 0.3) is 0 Å². The third-order valence-corrected chi connectivity index (χ3v) is 8.74. The molecule has 1 heterocycles. The van der Waals surface area contributed by atoms with Crippen LogP contribution in [0.1, 0.15) is 72.6 Å². The molecule has 0 saturated heterocycles. The summed E-state index contributed by atoms with van der Waals surface area (Å²) in [4.78, 5) is 56.2. The number of aryl methyl sites for hydroxylation is 1. The molecule has 0 radical (unpaired) electrons. The molecule has 0 saturated carbocycles.